The van der Waals surface area contributed by atoms with Gasteiger partial charge in [0.2, 0.25) is 0 Å². The average molecular weight is 735 g/mol. The highest BCUT2D eigenvalue weighted by atomic mass is 127. The van der Waals surface area contributed by atoms with E-state index in [2.05, 4.69) is 199 Å². The fraction of sp³-hybridized carbons (Fsp3) is 0. The maximum atomic E-state index is 4.11. The Kier molecular flexibility index (Phi) is 7.36. The van der Waals surface area contributed by atoms with Gasteiger partial charge in [-0.3, -0.25) is 0 Å². The van der Waals surface area contributed by atoms with Gasteiger partial charge in [-0.15, -0.1) is 0 Å². The van der Waals surface area contributed by atoms with Crippen molar-refractivity contribution in [3.8, 4) is 11.1 Å². The SMILES string of the molecule is C=C/C=C(\C=C(/I)c1cccc(-c2cc3ccccc3c3c2ccc2ccccc23)c1)c1cc2ccc3ccccc3c2c2ccccc12. The van der Waals surface area contributed by atoms with E-state index in [0.717, 1.165) is 5.57 Å². The highest BCUT2D eigenvalue weighted by molar-refractivity contribution is 14.1. The molecule has 0 aliphatic carbocycles. The average Bonchev–Trinajstić information content (AvgIpc) is 3.16. The van der Waals surface area contributed by atoms with Crippen LogP contribution in [0.25, 0.3) is 84.9 Å². The summed E-state index contributed by atoms with van der Waals surface area (Å²) in [6, 6.07) is 57.7. The van der Waals surface area contributed by atoms with Crippen molar-refractivity contribution >= 4 is 96.4 Å². The highest BCUT2D eigenvalue weighted by Gasteiger charge is 2.15. The van der Waals surface area contributed by atoms with E-state index in [4.69, 9.17) is 0 Å². The first-order chi connectivity index (χ1) is 24.2. The maximum Gasteiger partial charge on any atom is 0.0209 e. The summed E-state index contributed by atoms with van der Waals surface area (Å²) in [4.78, 5) is 0. The van der Waals surface area contributed by atoms with Crippen LogP contribution in [0.3, 0.4) is 0 Å². The maximum absolute atomic E-state index is 4.11. The summed E-state index contributed by atoms with van der Waals surface area (Å²) in [6.45, 7) is 4.11. The molecule has 0 amide bonds. The largest absolute Gasteiger partial charge is 0.0990 e. The minimum atomic E-state index is 1.14. The van der Waals surface area contributed by atoms with Gasteiger partial charge in [-0.25, -0.2) is 0 Å². The number of hydrogen-bond donors (Lipinski definition) is 0. The zero-order chi connectivity index (χ0) is 32.9. The van der Waals surface area contributed by atoms with Crippen LogP contribution in [0.5, 0.6) is 0 Å². The third-order valence-electron chi connectivity index (χ3n) is 9.84. The monoisotopic (exact) mass is 734 g/mol. The molecule has 0 N–H and O–H groups in total. The van der Waals surface area contributed by atoms with Crippen LogP contribution in [0, 0.1) is 0 Å². The van der Waals surface area contributed by atoms with E-state index in [9.17, 15) is 0 Å². The molecule has 0 saturated heterocycles. The smallest absolute Gasteiger partial charge is 0.0209 e. The van der Waals surface area contributed by atoms with Gasteiger partial charge >= 0.3 is 0 Å². The minimum Gasteiger partial charge on any atom is -0.0990 e. The molecule has 0 heterocycles. The molecule has 0 unspecified atom stereocenters. The fourth-order valence-corrected chi connectivity index (χ4v) is 8.29. The van der Waals surface area contributed by atoms with Crippen LogP contribution in [0.1, 0.15) is 11.1 Å². The van der Waals surface area contributed by atoms with Gasteiger partial charge < -0.3 is 0 Å². The van der Waals surface area contributed by atoms with E-state index >= 15 is 0 Å². The second-order valence-electron chi connectivity index (χ2n) is 12.6. The van der Waals surface area contributed by atoms with Crippen molar-refractivity contribution in [1.29, 1.82) is 0 Å². The van der Waals surface area contributed by atoms with E-state index in [1.54, 1.807) is 0 Å². The molecule has 0 saturated carbocycles. The number of rotatable bonds is 5. The fourth-order valence-electron chi connectivity index (χ4n) is 7.62. The summed E-state index contributed by atoms with van der Waals surface area (Å²) in [7, 11) is 0. The number of allylic oxidation sites excluding steroid dienone is 4. The van der Waals surface area contributed by atoms with Crippen molar-refractivity contribution in [2.45, 2.75) is 0 Å². The standard InChI is InChI=1S/C48H31I/c1-2-12-33(44-29-37-24-23-31-13-3-6-18-38(31)47(37)42-22-10-9-21-41(42)44)30-46(49)36-17-11-16-34(27-36)45-28-35-15-5-8-20-40(35)48-39-19-7-4-14-32(39)25-26-43(45)48/h2-30H,1H2/b33-12+,46-30-. The zero-order valence-electron chi connectivity index (χ0n) is 26.8. The molecule has 49 heavy (non-hydrogen) atoms. The van der Waals surface area contributed by atoms with Gasteiger partial charge in [0, 0.05) is 3.58 Å². The molecule has 1 heteroatoms. The molecule has 9 aromatic carbocycles. The third kappa shape index (κ3) is 5.05. The zero-order valence-corrected chi connectivity index (χ0v) is 29.0. The van der Waals surface area contributed by atoms with Crippen molar-refractivity contribution in [2.75, 3.05) is 0 Å². The van der Waals surface area contributed by atoms with Crippen molar-refractivity contribution in [1.82, 2.24) is 0 Å². The normalized spacial score (nSPS) is 12.5. The number of hydrogen-bond acceptors (Lipinski definition) is 0. The van der Waals surface area contributed by atoms with Gasteiger partial charge in [-0.1, -0.05) is 158 Å². The molecule has 0 fully saturated rings. The van der Waals surface area contributed by atoms with Gasteiger partial charge in [0.05, 0.1) is 0 Å². The van der Waals surface area contributed by atoms with E-state index in [1.807, 2.05) is 6.08 Å². The molecule has 0 aromatic heterocycles. The van der Waals surface area contributed by atoms with Crippen LogP contribution < -0.4 is 0 Å². The Morgan fingerprint density at radius 3 is 1.80 bits per heavy atom. The molecule has 0 nitrogen and oxygen atoms in total. The Morgan fingerprint density at radius 2 is 1.06 bits per heavy atom. The Bertz CT molecular complexity index is 2830. The lowest BCUT2D eigenvalue weighted by Gasteiger charge is -2.15. The van der Waals surface area contributed by atoms with E-state index in [1.165, 1.54) is 90.5 Å². The summed E-state index contributed by atoms with van der Waals surface area (Å²) >= 11 is 2.51. The van der Waals surface area contributed by atoms with Gasteiger partial charge in [0.25, 0.3) is 0 Å². The Hall–Kier alpha value is -5.51. The number of benzene rings is 9. The van der Waals surface area contributed by atoms with E-state index in [-0.39, 0.29) is 0 Å². The van der Waals surface area contributed by atoms with Gasteiger partial charge in [-0.05, 0) is 139 Å². The molecule has 0 spiro atoms. The third-order valence-corrected chi connectivity index (χ3v) is 10.8. The summed E-state index contributed by atoms with van der Waals surface area (Å²) in [5.41, 5.74) is 5.99. The first-order valence-electron chi connectivity index (χ1n) is 16.7. The van der Waals surface area contributed by atoms with Crippen LogP contribution in [0.2, 0.25) is 0 Å². The predicted octanol–water partition coefficient (Wildman–Crippen LogP) is 14.3. The second-order valence-corrected chi connectivity index (χ2v) is 13.8. The van der Waals surface area contributed by atoms with Crippen LogP contribution in [-0.2, 0) is 0 Å². The van der Waals surface area contributed by atoms with Crippen molar-refractivity contribution in [2.24, 2.45) is 0 Å². The second kappa shape index (κ2) is 12.2. The summed E-state index contributed by atoms with van der Waals surface area (Å²) in [5.74, 6) is 0. The molecule has 0 radical (unpaired) electrons. The van der Waals surface area contributed by atoms with Crippen molar-refractivity contribution in [3.05, 3.63) is 194 Å². The molecular formula is C48H31I. The molecule has 230 valence electrons. The summed E-state index contributed by atoms with van der Waals surface area (Å²) in [5, 5.41) is 15.3. The number of fused-ring (bicyclic) bond motifs is 10. The van der Waals surface area contributed by atoms with Gasteiger partial charge in [0.1, 0.15) is 0 Å². The van der Waals surface area contributed by atoms with Crippen molar-refractivity contribution in [3.63, 3.8) is 0 Å². The Morgan fingerprint density at radius 1 is 0.469 bits per heavy atom. The predicted molar refractivity (Wildman–Crippen MR) is 224 cm³/mol. The van der Waals surface area contributed by atoms with Crippen LogP contribution in [0.4, 0.5) is 0 Å². The minimum absolute atomic E-state index is 1.14. The lowest BCUT2D eigenvalue weighted by molar-refractivity contribution is 1.63. The van der Waals surface area contributed by atoms with Crippen LogP contribution in [0.15, 0.2) is 183 Å². The van der Waals surface area contributed by atoms with Crippen LogP contribution >= 0.6 is 22.6 Å². The Labute approximate surface area is 299 Å². The first kappa shape index (κ1) is 29.6. The lowest BCUT2D eigenvalue weighted by atomic mass is 9.89. The molecule has 0 atom stereocenters. The molecular weight excluding hydrogens is 703 g/mol. The van der Waals surface area contributed by atoms with Gasteiger partial charge in [0.15, 0.2) is 0 Å². The number of halogens is 1. The molecule has 0 bridgehead atoms. The molecule has 0 aliphatic heterocycles. The van der Waals surface area contributed by atoms with E-state index < -0.39 is 0 Å². The molecule has 0 aliphatic rings. The van der Waals surface area contributed by atoms with E-state index in [0.29, 0.717) is 0 Å². The highest BCUT2D eigenvalue weighted by Crippen LogP contribution is 2.41. The first-order valence-corrected chi connectivity index (χ1v) is 17.7. The quantitative estimate of drug-likeness (QED) is 0.0938. The summed E-state index contributed by atoms with van der Waals surface area (Å²) < 4.78 is 1.17. The molecule has 9 aromatic rings. The topological polar surface area (TPSA) is 0 Å². The Balaban J connectivity index is 1.21. The van der Waals surface area contributed by atoms with Crippen LogP contribution in [-0.4, -0.2) is 0 Å². The lowest BCUT2D eigenvalue weighted by Crippen LogP contribution is -1.90. The summed E-state index contributed by atoms with van der Waals surface area (Å²) in [6.07, 6.45) is 6.35. The molecule has 9 rings (SSSR count). The van der Waals surface area contributed by atoms with Crippen molar-refractivity contribution < 1.29 is 0 Å². The van der Waals surface area contributed by atoms with Gasteiger partial charge in [-0.2, -0.15) is 0 Å².